The van der Waals surface area contributed by atoms with Crippen LogP contribution in [-0.2, 0) is 16.1 Å². The molecule has 1 fully saturated rings. The molecule has 102 valence electrons. The van der Waals surface area contributed by atoms with Crippen LogP contribution in [-0.4, -0.2) is 45.9 Å². The Morgan fingerprint density at radius 2 is 1.95 bits per heavy atom. The predicted molar refractivity (Wildman–Crippen MR) is 65.8 cm³/mol. The quantitative estimate of drug-likeness (QED) is 0.859. The number of hydrogen-bond acceptors (Lipinski definition) is 3. The van der Waals surface area contributed by atoms with Gasteiger partial charge in [0.05, 0.1) is 12.7 Å². The Morgan fingerprint density at radius 1 is 1.26 bits per heavy atom. The van der Waals surface area contributed by atoms with E-state index in [4.69, 9.17) is 14.9 Å². The van der Waals surface area contributed by atoms with E-state index in [-0.39, 0.29) is 13.2 Å². The van der Waals surface area contributed by atoms with Crippen molar-refractivity contribution in [3.05, 3.63) is 35.9 Å². The molecule has 6 heteroatoms. The van der Waals surface area contributed by atoms with Gasteiger partial charge >= 0.3 is 12.1 Å². The smallest absolute Gasteiger partial charge is 0.408 e. The Hall–Kier alpha value is -2.08. The van der Waals surface area contributed by atoms with Crippen molar-refractivity contribution < 1.29 is 24.5 Å². The highest BCUT2D eigenvalue weighted by molar-refractivity contribution is 5.80. The molecule has 0 bridgehead atoms. The molecule has 2 atom stereocenters. The molecule has 6 nitrogen and oxygen atoms in total. The van der Waals surface area contributed by atoms with Crippen LogP contribution in [0.1, 0.15) is 12.0 Å². The zero-order chi connectivity index (χ0) is 13.8. The SMILES string of the molecule is O=C(O)[C@@H]1[C@H](OCc2ccccc2)CCN1C(=O)O. The first-order valence-corrected chi connectivity index (χ1v) is 5.97. The lowest BCUT2D eigenvalue weighted by Gasteiger charge is -2.22. The summed E-state index contributed by atoms with van der Waals surface area (Å²) in [5, 5.41) is 18.1. The summed E-state index contributed by atoms with van der Waals surface area (Å²) in [6.45, 7) is 0.467. The van der Waals surface area contributed by atoms with Gasteiger partial charge in [-0.15, -0.1) is 0 Å². The number of likely N-dealkylation sites (tertiary alicyclic amines) is 1. The lowest BCUT2D eigenvalue weighted by Crippen LogP contribution is -2.45. The van der Waals surface area contributed by atoms with E-state index in [1.165, 1.54) is 0 Å². The van der Waals surface area contributed by atoms with Crippen molar-refractivity contribution in [1.82, 2.24) is 4.90 Å². The number of aliphatic carboxylic acids is 1. The standard InChI is InChI=1S/C13H15NO5/c15-12(16)11-10(6-7-14(11)13(17)18)19-8-9-4-2-1-3-5-9/h1-5,10-11H,6-8H2,(H,15,16)(H,17,18)/t10-,11+/m1/s1. The molecule has 1 aliphatic heterocycles. The van der Waals surface area contributed by atoms with Crippen LogP contribution in [0.5, 0.6) is 0 Å². The summed E-state index contributed by atoms with van der Waals surface area (Å²) in [6, 6.07) is 8.24. The number of carboxylic acids is 1. The van der Waals surface area contributed by atoms with E-state index in [1.54, 1.807) is 0 Å². The average Bonchev–Trinajstić information content (AvgIpc) is 2.81. The van der Waals surface area contributed by atoms with Gasteiger partial charge in [0.15, 0.2) is 6.04 Å². The number of rotatable bonds is 4. The fourth-order valence-electron chi connectivity index (χ4n) is 2.22. The highest BCUT2D eigenvalue weighted by atomic mass is 16.5. The van der Waals surface area contributed by atoms with Crippen LogP contribution in [0.4, 0.5) is 4.79 Å². The lowest BCUT2D eigenvalue weighted by molar-refractivity contribution is -0.146. The van der Waals surface area contributed by atoms with E-state index >= 15 is 0 Å². The summed E-state index contributed by atoms with van der Waals surface area (Å²) in [7, 11) is 0. The molecule has 1 amide bonds. The van der Waals surface area contributed by atoms with E-state index in [9.17, 15) is 9.59 Å². The molecule has 1 aliphatic rings. The summed E-state index contributed by atoms with van der Waals surface area (Å²) in [5.41, 5.74) is 0.931. The van der Waals surface area contributed by atoms with Crippen molar-refractivity contribution >= 4 is 12.1 Å². The number of carboxylic acid groups (broad SMARTS) is 2. The second-order valence-corrected chi connectivity index (χ2v) is 4.38. The zero-order valence-corrected chi connectivity index (χ0v) is 10.2. The van der Waals surface area contributed by atoms with E-state index in [0.717, 1.165) is 10.5 Å². The summed E-state index contributed by atoms with van der Waals surface area (Å²) < 4.78 is 5.56. The van der Waals surface area contributed by atoms with Gasteiger partial charge in [-0.3, -0.25) is 4.90 Å². The van der Waals surface area contributed by atoms with Crippen molar-refractivity contribution in [2.45, 2.75) is 25.2 Å². The van der Waals surface area contributed by atoms with Gasteiger partial charge in [0.1, 0.15) is 0 Å². The van der Waals surface area contributed by atoms with Crippen LogP contribution >= 0.6 is 0 Å². The maximum atomic E-state index is 11.2. The monoisotopic (exact) mass is 265 g/mol. The van der Waals surface area contributed by atoms with Crippen LogP contribution in [0.2, 0.25) is 0 Å². The Balaban J connectivity index is 2.00. The first kappa shape index (κ1) is 13.4. The fourth-order valence-corrected chi connectivity index (χ4v) is 2.22. The minimum Gasteiger partial charge on any atom is -0.480 e. The molecule has 1 aromatic rings. The molecule has 0 aliphatic carbocycles. The van der Waals surface area contributed by atoms with Gasteiger partial charge in [0.25, 0.3) is 0 Å². The molecule has 0 radical (unpaired) electrons. The van der Waals surface area contributed by atoms with Crippen molar-refractivity contribution in [2.75, 3.05) is 6.54 Å². The summed E-state index contributed by atoms with van der Waals surface area (Å²) in [4.78, 5) is 23.0. The van der Waals surface area contributed by atoms with Gasteiger partial charge in [-0.25, -0.2) is 9.59 Å². The second kappa shape index (κ2) is 5.71. The van der Waals surface area contributed by atoms with Gasteiger partial charge in [-0.05, 0) is 12.0 Å². The summed E-state index contributed by atoms with van der Waals surface area (Å²) in [5.74, 6) is -1.17. The van der Waals surface area contributed by atoms with Gasteiger partial charge < -0.3 is 14.9 Å². The van der Waals surface area contributed by atoms with Gasteiger partial charge in [0.2, 0.25) is 0 Å². The average molecular weight is 265 g/mol. The number of nitrogens with zero attached hydrogens (tertiary/aromatic N) is 1. The van der Waals surface area contributed by atoms with Crippen molar-refractivity contribution in [2.24, 2.45) is 0 Å². The largest absolute Gasteiger partial charge is 0.480 e. The molecule has 1 aromatic carbocycles. The van der Waals surface area contributed by atoms with Gasteiger partial charge in [0, 0.05) is 6.54 Å². The second-order valence-electron chi connectivity index (χ2n) is 4.38. The van der Waals surface area contributed by atoms with E-state index < -0.39 is 24.2 Å². The molecule has 0 saturated carbocycles. The zero-order valence-electron chi connectivity index (χ0n) is 10.2. The first-order valence-electron chi connectivity index (χ1n) is 5.97. The highest BCUT2D eigenvalue weighted by Crippen LogP contribution is 2.22. The van der Waals surface area contributed by atoms with E-state index in [0.29, 0.717) is 6.42 Å². The maximum Gasteiger partial charge on any atom is 0.408 e. The molecule has 0 spiro atoms. The third kappa shape index (κ3) is 3.03. The van der Waals surface area contributed by atoms with E-state index in [1.807, 2.05) is 30.3 Å². The van der Waals surface area contributed by atoms with Crippen LogP contribution in [0.25, 0.3) is 0 Å². The number of hydrogen-bond donors (Lipinski definition) is 2. The molecule has 0 unspecified atom stereocenters. The van der Waals surface area contributed by atoms with Gasteiger partial charge in [-0.1, -0.05) is 30.3 Å². The molecular weight excluding hydrogens is 250 g/mol. The van der Waals surface area contributed by atoms with Crippen molar-refractivity contribution in [1.29, 1.82) is 0 Å². The summed E-state index contributed by atoms with van der Waals surface area (Å²) in [6.07, 6.45) is -1.43. The number of ether oxygens (including phenoxy) is 1. The van der Waals surface area contributed by atoms with Crippen LogP contribution in [0, 0.1) is 0 Å². The fraction of sp³-hybridized carbons (Fsp3) is 0.385. The predicted octanol–water partition coefficient (Wildman–Crippen LogP) is 1.41. The Labute approximate surface area is 110 Å². The number of benzene rings is 1. The Kier molecular flexibility index (Phi) is 4.01. The van der Waals surface area contributed by atoms with Crippen molar-refractivity contribution in [3.8, 4) is 0 Å². The molecule has 2 N–H and O–H groups in total. The van der Waals surface area contributed by atoms with Crippen molar-refractivity contribution in [3.63, 3.8) is 0 Å². The molecule has 0 aromatic heterocycles. The Bertz CT molecular complexity index is 461. The third-order valence-electron chi connectivity index (χ3n) is 3.15. The molecule has 1 heterocycles. The topological polar surface area (TPSA) is 87.1 Å². The van der Waals surface area contributed by atoms with Crippen LogP contribution < -0.4 is 0 Å². The molecule has 1 saturated heterocycles. The minimum absolute atomic E-state index is 0.186. The summed E-state index contributed by atoms with van der Waals surface area (Å²) >= 11 is 0. The molecule has 19 heavy (non-hydrogen) atoms. The minimum atomic E-state index is -1.22. The lowest BCUT2D eigenvalue weighted by atomic mass is 10.1. The molecular formula is C13H15NO5. The third-order valence-corrected chi connectivity index (χ3v) is 3.15. The highest BCUT2D eigenvalue weighted by Gasteiger charge is 2.42. The van der Waals surface area contributed by atoms with Crippen LogP contribution in [0.15, 0.2) is 30.3 Å². The number of amides is 1. The molecule has 2 rings (SSSR count). The van der Waals surface area contributed by atoms with Gasteiger partial charge in [-0.2, -0.15) is 0 Å². The van der Waals surface area contributed by atoms with Crippen LogP contribution in [0.3, 0.4) is 0 Å². The van der Waals surface area contributed by atoms with E-state index in [2.05, 4.69) is 0 Å². The number of carbonyl (C=O) groups is 2. The Morgan fingerprint density at radius 3 is 2.53 bits per heavy atom. The normalized spacial score (nSPS) is 22.4. The first-order chi connectivity index (χ1) is 9.09. The maximum absolute atomic E-state index is 11.2.